The summed E-state index contributed by atoms with van der Waals surface area (Å²) in [4.78, 5) is 29.8. The van der Waals surface area contributed by atoms with E-state index in [0.29, 0.717) is 34.9 Å². The Hall–Kier alpha value is -14.3. The van der Waals surface area contributed by atoms with Crippen molar-refractivity contribution < 1.29 is 0 Å². The van der Waals surface area contributed by atoms with Crippen LogP contribution in [0.3, 0.4) is 0 Å². The molecule has 0 N–H and O–H groups in total. The molecule has 0 saturated heterocycles. The van der Waals surface area contributed by atoms with E-state index in [9.17, 15) is 0 Å². The molecule has 8 nitrogen and oxygen atoms in total. The number of nitrogens with zero attached hydrogens (tertiary/aromatic N) is 8. The zero-order valence-corrected chi connectivity index (χ0v) is 57.5. The zero-order chi connectivity index (χ0) is 70.3. The van der Waals surface area contributed by atoms with Crippen LogP contribution in [-0.4, -0.2) is 39.0 Å². The number of aromatic nitrogens is 8. The molecule has 0 unspecified atom stereocenters. The molecule has 0 aliphatic carbocycles. The summed E-state index contributed by atoms with van der Waals surface area (Å²) in [5, 5.41) is 9.79. The summed E-state index contributed by atoms with van der Waals surface area (Å²) in [7, 11) is 0. The molecule has 20 rings (SSSR count). The first kappa shape index (κ1) is 62.6. The molecule has 0 bridgehead atoms. The maximum absolute atomic E-state index is 5.03. The lowest BCUT2D eigenvalue weighted by Gasteiger charge is -2.11. The van der Waals surface area contributed by atoms with Gasteiger partial charge >= 0.3 is 0 Å². The minimum Gasteiger partial charge on any atom is -0.309 e. The molecular formula is C98H64N8. The number of para-hydroxylation sites is 1. The maximum atomic E-state index is 5.03. The van der Waals surface area contributed by atoms with Crippen molar-refractivity contribution in [1.29, 1.82) is 0 Å². The maximum Gasteiger partial charge on any atom is 0.164 e. The van der Waals surface area contributed by atoms with Gasteiger partial charge in [0.15, 0.2) is 34.9 Å². The van der Waals surface area contributed by atoms with Crippen LogP contribution in [0.25, 0.3) is 189 Å². The van der Waals surface area contributed by atoms with Gasteiger partial charge in [-0.1, -0.05) is 328 Å². The molecule has 8 heteroatoms. The van der Waals surface area contributed by atoms with Gasteiger partial charge in [0.05, 0.1) is 22.1 Å². The lowest BCUT2D eigenvalue weighted by molar-refractivity contribution is 1.07. The van der Waals surface area contributed by atoms with E-state index in [1.54, 1.807) is 0 Å². The molecule has 0 saturated carbocycles. The molecule has 0 amide bonds. The van der Waals surface area contributed by atoms with Gasteiger partial charge in [0.1, 0.15) is 0 Å². The van der Waals surface area contributed by atoms with Crippen molar-refractivity contribution in [1.82, 2.24) is 39.0 Å². The predicted molar refractivity (Wildman–Crippen MR) is 438 cm³/mol. The van der Waals surface area contributed by atoms with Crippen LogP contribution in [0, 0.1) is 0 Å². The summed E-state index contributed by atoms with van der Waals surface area (Å²) in [6.07, 6.45) is 0. The second-order valence-corrected chi connectivity index (χ2v) is 26.5. The highest BCUT2D eigenvalue weighted by atomic mass is 15.0. The largest absolute Gasteiger partial charge is 0.309 e. The van der Waals surface area contributed by atoms with Crippen molar-refractivity contribution in [3.63, 3.8) is 0 Å². The first-order valence-electron chi connectivity index (χ1n) is 35.7. The first-order chi connectivity index (χ1) is 52.6. The Morgan fingerprint density at radius 1 is 0.160 bits per heavy atom. The van der Waals surface area contributed by atoms with Gasteiger partial charge in [0, 0.05) is 66.3 Å². The predicted octanol–water partition coefficient (Wildman–Crippen LogP) is 24.9. The van der Waals surface area contributed by atoms with Crippen molar-refractivity contribution in [3.8, 4) is 124 Å². The Kier molecular flexibility index (Phi) is 16.1. The molecule has 4 aromatic heterocycles. The Morgan fingerprint density at radius 2 is 0.500 bits per heavy atom. The SMILES string of the molecule is c1ccc(-c2nc(-c3ccccc3)nc(-c3ccc(-c4cccc5c4c4c(-c6ccccc6)cccc4n5-c4ccc5ccccc5c4)cc3)n2)cc1.c1ccc(-c2nc(-c3ccccc3)nc(-c3cccc(-c4cccc5c4c4cc(-c6cccc7ccccc67)ccc4n5-c4ccccc4)c3)n2)cc1. The van der Waals surface area contributed by atoms with Crippen molar-refractivity contribution in [2.45, 2.75) is 0 Å². The zero-order valence-electron chi connectivity index (χ0n) is 57.5. The lowest BCUT2D eigenvalue weighted by Crippen LogP contribution is -2.00. The van der Waals surface area contributed by atoms with Crippen LogP contribution in [0.4, 0.5) is 0 Å². The van der Waals surface area contributed by atoms with Crippen LogP contribution >= 0.6 is 0 Å². The van der Waals surface area contributed by atoms with E-state index in [4.69, 9.17) is 29.9 Å². The van der Waals surface area contributed by atoms with Gasteiger partial charge in [0.25, 0.3) is 0 Å². The van der Waals surface area contributed by atoms with E-state index in [2.05, 4.69) is 276 Å². The van der Waals surface area contributed by atoms with Crippen molar-refractivity contribution in [3.05, 3.63) is 388 Å². The fourth-order valence-corrected chi connectivity index (χ4v) is 15.1. The fourth-order valence-electron chi connectivity index (χ4n) is 15.1. The number of rotatable bonds is 12. The molecule has 20 aromatic rings. The summed E-state index contributed by atoms with van der Waals surface area (Å²) < 4.78 is 4.80. The van der Waals surface area contributed by atoms with Gasteiger partial charge < -0.3 is 9.13 Å². The van der Waals surface area contributed by atoms with Crippen LogP contribution in [0.5, 0.6) is 0 Å². The monoisotopic (exact) mass is 1350 g/mol. The summed E-state index contributed by atoms with van der Waals surface area (Å²) >= 11 is 0. The van der Waals surface area contributed by atoms with E-state index in [1.807, 2.05) is 121 Å². The second kappa shape index (κ2) is 27.2. The Morgan fingerprint density at radius 3 is 1.04 bits per heavy atom. The average molecular weight is 1350 g/mol. The van der Waals surface area contributed by atoms with Crippen LogP contribution in [0.15, 0.2) is 388 Å². The molecule has 0 radical (unpaired) electrons. The van der Waals surface area contributed by atoms with E-state index in [-0.39, 0.29) is 0 Å². The van der Waals surface area contributed by atoms with Crippen molar-refractivity contribution in [2.24, 2.45) is 0 Å². The van der Waals surface area contributed by atoms with E-state index >= 15 is 0 Å². The highest BCUT2D eigenvalue weighted by molar-refractivity contribution is 6.21. The van der Waals surface area contributed by atoms with E-state index in [1.165, 1.54) is 76.4 Å². The topological polar surface area (TPSA) is 87.2 Å². The molecule has 16 aromatic carbocycles. The molecule has 0 aliphatic rings. The molecule has 4 heterocycles. The van der Waals surface area contributed by atoms with Crippen molar-refractivity contribution in [2.75, 3.05) is 0 Å². The summed E-state index contributed by atoms with van der Waals surface area (Å²) in [5.41, 5.74) is 22.0. The quantitative estimate of drug-likeness (QED) is 0.121. The Labute approximate surface area is 612 Å². The summed E-state index contributed by atoms with van der Waals surface area (Å²) in [5.74, 6) is 3.87. The number of hydrogen-bond donors (Lipinski definition) is 0. The number of benzene rings is 16. The third-order valence-electron chi connectivity index (χ3n) is 20.1. The molecule has 0 aliphatic heterocycles. The second-order valence-electron chi connectivity index (χ2n) is 26.5. The highest BCUT2D eigenvalue weighted by Crippen LogP contribution is 2.46. The number of fused-ring (bicyclic) bond motifs is 8. The molecule has 496 valence electrons. The third kappa shape index (κ3) is 11.7. The summed E-state index contributed by atoms with van der Waals surface area (Å²) in [6, 6.07) is 136. The van der Waals surface area contributed by atoms with Crippen molar-refractivity contribution >= 4 is 65.2 Å². The van der Waals surface area contributed by atoms with Gasteiger partial charge in [0.2, 0.25) is 0 Å². The minimum absolute atomic E-state index is 0.636. The Bertz CT molecular complexity index is 6540. The Balaban J connectivity index is 0.000000145. The van der Waals surface area contributed by atoms with Crippen LogP contribution in [0.1, 0.15) is 0 Å². The highest BCUT2D eigenvalue weighted by Gasteiger charge is 2.23. The van der Waals surface area contributed by atoms with Gasteiger partial charge in [-0.25, -0.2) is 29.9 Å². The molecular weight excluding hydrogens is 1290 g/mol. The smallest absolute Gasteiger partial charge is 0.164 e. The first-order valence-corrected chi connectivity index (χ1v) is 35.7. The van der Waals surface area contributed by atoms with Crippen LogP contribution in [0.2, 0.25) is 0 Å². The van der Waals surface area contributed by atoms with E-state index in [0.717, 1.165) is 78.0 Å². The lowest BCUT2D eigenvalue weighted by atomic mass is 9.94. The van der Waals surface area contributed by atoms with Gasteiger partial charge in [-0.15, -0.1) is 0 Å². The molecule has 0 atom stereocenters. The van der Waals surface area contributed by atoms with E-state index < -0.39 is 0 Å². The summed E-state index contributed by atoms with van der Waals surface area (Å²) in [6.45, 7) is 0. The van der Waals surface area contributed by atoms with Gasteiger partial charge in [-0.05, 0) is 127 Å². The van der Waals surface area contributed by atoms with Gasteiger partial charge in [-0.2, -0.15) is 0 Å². The third-order valence-corrected chi connectivity index (χ3v) is 20.1. The number of hydrogen-bond acceptors (Lipinski definition) is 6. The molecule has 0 spiro atoms. The van der Waals surface area contributed by atoms with Crippen LogP contribution in [-0.2, 0) is 0 Å². The van der Waals surface area contributed by atoms with Crippen LogP contribution < -0.4 is 0 Å². The van der Waals surface area contributed by atoms with Gasteiger partial charge in [-0.3, -0.25) is 0 Å². The average Bonchev–Trinajstić information content (AvgIpc) is 1.57. The normalized spacial score (nSPS) is 11.4. The fraction of sp³-hybridized carbons (Fsp3) is 0. The minimum atomic E-state index is 0.636. The molecule has 0 fully saturated rings. The molecule has 106 heavy (non-hydrogen) atoms. The standard InChI is InChI=1S/2C49H32N4/c1-4-16-34(17-5-1)47-50-48(35-18-6-2-7-19-35)52-49(51-47)38-22-12-21-36(31-38)42-27-14-28-45-46(42)43-32-37(41-26-13-20-33-15-10-11-25-40(33)41)29-30-44(43)53(45)39-23-8-3-9-24-39;1-4-15-34(16-5-1)41-22-12-24-43-45(41)46-42(23-13-25-44(46)53(43)40-31-30-33-14-10-11-21-39(33)32-40)35-26-28-38(29-27-35)49-51-47(36-17-6-2-7-18-36)50-48(52-49)37-19-8-3-9-20-37/h2*1-32H.